The number of amides is 2. The zero-order valence-electron chi connectivity index (χ0n) is 14.0. The van der Waals surface area contributed by atoms with Crippen LogP contribution < -0.4 is 16.2 Å². The number of hydrogen-bond donors (Lipinski definition) is 3. The minimum Gasteiger partial charge on any atom is -0.469 e. The first kappa shape index (κ1) is 17.1. The molecule has 0 bridgehead atoms. The maximum Gasteiger partial charge on any atom is 0.291 e. The van der Waals surface area contributed by atoms with Crippen LogP contribution in [0, 0.1) is 6.92 Å². The average Bonchev–Trinajstić information content (AvgIpc) is 3.31. The van der Waals surface area contributed by atoms with E-state index in [-0.39, 0.29) is 17.6 Å². The van der Waals surface area contributed by atoms with Gasteiger partial charge in [-0.2, -0.15) is 0 Å². The number of aryl methyl sites for hydroxylation is 1. The molecular weight excluding hydrogens is 334 g/mol. The second-order valence-electron chi connectivity index (χ2n) is 5.46. The minimum absolute atomic E-state index is 0.218. The maximum absolute atomic E-state index is 12.1. The summed E-state index contributed by atoms with van der Waals surface area (Å²) in [6.07, 6.45) is 2.88. The molecule has 0 spiro atoms. The molecule has 0 aliphatic rings. The van der Waals surface area contributed by atoms with Gasteiger partial charge in [0.1, 0.15) is 5.76 Å². The molecule has 3 aromatic rings. The zero-order chi connectivity index (χ0) is 18.5. The number of furan rings is 2. The summed E-state index contributed by atoms with van der Waals surface area (Å²) in [5.74, 6) is 0.0572. The molecule has 7 heteroatoms. The summed E-state index contributed by atoms with van der Waals surface area (Å²) < 4.78 is 10.2. The van der Waals surface area contributed by atoms with Crippen molar-refractivity contribution in [2.45, 2.75) is 6.92 Å². The van der Waals surface area contributed by atoms with E-state index in [2.05, 4.69) is 22.7 Å². The molecule has 0 unspecified atom stereocenters. The maximum atomic E-state index is 12.1. The van der Waals surface area contributed by atoms with Gasteiger partial charge in [0.05, 0.1) is 23.8 Å². The molecule has 0 fully saturated rings. The van der Waals surface area contributed by atoms with Gasteiger partial charge in [-0.3, -0.25) is 20.4 Å². The predicted molar refractivity (Wildman–Crippen MR) is 96.2 cm³/mol. The van der Waals surface area contributed by atoms with Crippen LogP contribution in [-0.2, 0) is 0 Å². The summed E-state index contributed by atoms with van der Waals surface area (Å²) in [5, 5.41) is 2.73. The van der Waals surface area contributed by atoms with Crippen LogP contribution in [0.1, 0.15) is 32.2 Å². The van der Waals surface area contributed by atoms with Gasteiger partial charge in [0.25, 0.3) is 11.8 Å². The number of rotatable bonds is 6. The Morgan fingerprint density at radius 2 is 1.81 bits per heavy atom. The molecule has 0 saturated carbocycles. The second kappa shape index (κ2) is 7.43. The SMILES string of the molecule is C=C(NNC(=O)c1ccoc1C)c1cccc(NC(=O)c2ccco2)c1. The van der Waals surface area contributed by atoms with Gasteiger partial charge in [0, 0.05) is 11.3 Å². The van der Waals surface area contributed by atoms with Crippen LogP contribution in [0.15, 0.2) is 70.4 Å². The highest BCUT2D eigenvalue weighted by Crippen LogP contribution is 2.17. The molecule has 132 valence electrons. The van der Waals surface area contributed by atoms with Crippen molar-refractivity contribution in [1.29, 1.82) is 0 Å². The van der Waals surface area contributed by atoms with Crippen molar-refractivity contribution in [3.63, 3.8) is 0 Å². The lowest BCUT2D eigenvalue weighted by atomic mass is 10.1. The highest BCUT2D eigenvalue weighted by atomic mass is 16.3. The number of hydrogen-bond acceptors (Lipinski definition) is 5. The minimum atomic E-state index is -0.352. The second-order valence-corrected chi connectivity index (χ2v) is 5.46. The lowest BCUT2D eigenvalue weighted by Gasteiger charge is -2.12. The van der Waals surface area contributed by atoms with E-state index in [1.54, 1.807) is 49.4 Å². The summed E-state index contributed by atoms with van der Waals surface area (Å²) >= 11 is 0. The molecule has 7 nitrogen and oxygen atoms in total. The van der Waals surface area contributed by atoms with Crippen LogP contribution in [0.4, 0.5) is 5.69 Å². The molecule has 1 aromatic carbocycles. The summed E-state index contributed by atoms with van der Waals surface area (Å²) in [6.45, 7) is 5.59. The molecule has 2 heterocycles. The summed E-state index contributed by atoms with van der Waals surface area (Å²) in [7, 11) is 0. The van der Waals surface area contributed by atoms with E-state index in [0.29, 0.717) is 28.3 Å². The van der Waals surface area contributed by atoms with Gasteiger partial charge in [-0.15, -0.1) is 0 Å². The van der Waals surface area contributed by atoms with Crippen molar-refractivity contribution in [2.24, 2.45) is 0 Å². The highest BCUT2D eigenvalue weighted by molar-refractivity contribution is 6.02. The Balaban J connectivity index is 1.62. The lowest BCUT2D eigenvalue weighted by molar-refractivity contribution is 0.0940. The molecule has 0 atom stereocenters. The van der Waals surface area contributed by atoms with E-state index in [0.717, 1.165) is 0 Å². The standard InChI is InChI=1S/C19H17N3O4/c1-12(21-22-18(23)16-8-10-25-13(16)2)14-5-3-6-15(11-14)20-19(24)17-7-4-9-26-17/h3-11,21H,1H2,2H3,(H,20,24)(H,22,23). The molecule has 2 amide bonds. The monoisotopic (exact) mass is 351 g/mol. The number of nitrogens with one attached hydrogen (secondary N) is 3. The smallest absolute Gasteiger partial charge is 0.291 e. The third-order valence-corrected chi connectivity index (χ3v) is 3.64. The van der Waals surface area contributed by atoms with Crippen molar-refractivity contribution < 1.29 is 18.4 Å². The van der Waals surface area contributed by atoms with Gasteiger partial charge < -0.3 is 14.2 Å². The molecule has 3 N–H and O–H groups in total. The normalized spacial score (nSPS) is 10.2. The Bertz CT molecular complexity index is 941. The van der Waals surface area contributed by atoms with E-state index >= 15 is 0 Å². The van der Waals surface area contributed by atoms with Gasteiger partial charge in [0.2, 0.25) is 0 Å². The number of hydrazine groups is 1. The van der Waals surface area contributed by atoms with Gasteiger partial charge in [-0.1, -0.05) is 18.7 Å². The molecule has 2 aromatic heterocycles. The van der Waals surface area contributed by atoms with Crippen LogP contribution in [-0.4, -0.2) is 11.8 Å². The van der Waals surface area contributed by atoms with E-state index in [9.17, 15) is 9.59 Å². The fourth-order valence-corrected chi connectivity index (χ4v) is 2.28. The fraction of sp³-hybridized carbons (Fsp3) is 0.0526. The summed E-state index contributed by atoms with van der Waals surface area (Å²) in [4.78, 5) is 24.1. The number of benzene rings is 1. The van der Waals surface area contributed by atoms with Gasteiger partial charge in [-0.25, -0.2) is 0 Å². The topological polar surface area (TPSA) is 96.5 Å². The van der Waals surface area contributed by atoms with Crippen molar-refractivity contribution in [3.8, 4) is 0 Å². The van der Waals surface area contributed by atoms with E-state index < -0.39 is 0 Å². The molecule has 26 heavy (non-hydrogen) atoms. The Labute approximate surface area is 149 Å². The Kier molecular flexibility index (Phi) is 4.89. The van der Waals surface area contributed by atoms with Crippen LogP contribution in [0.3, 0.4) is 0 Å². The first-order valence-corrected chi connectivity index (χ1v) is 7.79. The number of anilines is 1. The van der Waals surface area contributed by atoms with Crippen molar-refractivity contribution in [3.05, 3.63) is 84.2 Å². The molecule has 0 radical (unpaired) electrons. The van der Waals surface area contributed by atoms with Crippen LogP contribution in [0.25, 0.3) is 5.70 Å². The van der Waals surface area contributed by atoms with E-state index in [4.69, 9.17) is 8.83 Å². The van der Waals surface area contributed by atoms with Crippen LogP contribution in [0.2, 0.25) is 0 Å². The number of carbonyl (C=O) groups excluding carboxylic acids is 2. The number of carbonyl (C=O) groups is 2. The molecule has 0 saturated heterocycles. The predicted octanol–water partition coefficient (Wildman–Crippen LogP) is 3.34. The highest BCUT2D eigenvalue weighted by Gasteiger charge is 2.12. The largest absolute Gasteiger partial charge is 0.469 e. The van der Waals surface area contributed by atoms with Crippen molar-refractivity contribution >= 4 is 23.2 Å². The Hall–Kier alpha value is -3.74. The molecule has 0 aliphatic heterocycles. The average molecular weight is 351 g/mol. The first-order valence-electron chi connectivity index (χ1n) is 7.79. The van der Waals surface area contributed by atoms with E-state index in [1.165, 1.54) is 12.5 Å². The van der Waals surface area contributed by atoms with Crippen LogP contribution in [0.5, 0.6) is 0 Å². The van der Waals surface area contributed by atoms with E-state index in [1.807, 2.05) is 0 Å². The lowest BCUT2D eigenvalue weighted by Crippen LogP contribution is -2.35. The quantitative estimate of drug-likeness (QED) is 0.592. The first-order chi connectivity index (χ1) is 12.5. The van der Waals surface area contributed by atoms with Gasteiger partial charge >= 0.3 is 0 Å². The van der Waals surface area contributed by atoms with Crippen molar-refractivity contribution in [2.75, 3.05) is 5.32 Å². The summed E-state index contributed by atoms with van der Waals surface area (Å²) in [5.41, 5.74) is 7.49. The van der Waals surface area contributed by atoms with Gasteiger partial charge in [-0.05, 0) is 37.3 Å². The van der Waals surface area contributed by atoms with Crippen LogP contribution >= 0.6 is 0 Å². The zero-order valence-corrected chi connectivity index (χ0v) is 14.0. The van der Waals surface area contributed by atoms with Crippen molar-refractivity contribution in [1.82, 2.24) is 10.9 Å². The Morgan fingerprint density at radius 1 is 0.962 bits per heavy atom. The Morgan fingerprint density at radius 3 is 2.50 bits per heavy atom. The third-order valence-electron chi connectivity index (χ3n) is 3.64. The molecule has 0 aliphatic carbocycles. The summed E-state index contributed by atoms with van der Waals surface area (Å²) in [6, 6.07) is 11.8. The fourth-order valence-electron chi connectivity index (χ4n) is 2.28. The van der Waals surface area contributed by atoms with Gasteiger partial charge in [0.15, 0.2) is 5.76 Å². The molecule has 3 rings (SSSR count). The third kappa shape index (κ3) is 3.84. The molecular formula is C19H17N3O4.